The number of esters is 1. The molecule has 3 N–H and O–H groups in total. The standard InChI is InChI=1S/C55H89NO13Si/c1-17-31(2)47-34(5)23-24-54(68-47)29-40-26-39(67-54)22-21-33(4)46(65-44-27-42(59-13)49(36(7)62-44)66-45-28-43(60-14)53(12,56)37(8)63-45)32(3)19-18-20-38-30-61-50-48(69-70(15,16)52(9,10)11)35(6)25-41(51(57)64-40)55(38,50)58/h18-21,23-25,31-32,34,36-37,39-50,58H,17,22,26-30,56H2,1-16H3/b19-18+,33-21+,38-20+/t31-,32-,34-,36-,37-,39+,40-,41-,42-,43-,44-,45-,46-,47+,48+,49-,50+,53+,54+,55+/m0/s1. The SMILES string of the molecule is CC[C@H](C)[C@H]1O[C@]2(C=C[C@@H]1C)C[C@@H]1C[C@@H](C/C=C(\C)[C@@H](O[C@H]3C[C@H](OC)[C@@H](O[C@H]4C[C@H](OC)[C@](C)(N)[C@H](C)O4)[C@H](C)O3)[C@@H](C)/C=C/C=C3\CO[C@@H]4[C@H](O[Si](C)(C)C(C)(C)C)C(C)=C[C@@H](C(=O)O1)[C@]34O)O2. The Morgan fingerprint density at radius 3 is 2.31 bits per heavy atom. The number of allylic oxidation sites excluding steroid dienone is 2. The number of methoxy groups -OCH3 is 2. The van der Waals surface area contributed by atoms with Gasteiger partial charge in [0.05, 0.1) is 61.0 Å². The summed E-state index contributed by atoms with van der Waals surface area (Å²) >= 11 is 0. The lowest BCUT2D eigenvalue weighted by Gasteiger charge is -2.49. The van der Waals surface area contributed by atoms with Crippen LogP contribution in [0, 0.1) is 23.7 Å². The molecule has 0 aromatic heterocycles. The molecule has 0 unspecified atom stereocenters. The summed E-state index contributed by atoms with van der Waals surface area (Å²) < 4.78 is 72.7. The first-order valence-electron chi connectivity index (χ1n) is 26.2. The highest BCUT2D eigenvalue weighted by atomic mass is 28.4. The monoisotopic (exact) mass is 1000 g/mol. The third-order valence-corrected chi connectivity index (χ3v) is 21.8. The van der Waals surface area contributed by atoms with Crippen LogP contribution in [0.15, 0.2) is 59.3 Å². The number of hydrogen-bond donors (Lipinski definition) is 2. The van der Waals surface area contributed by atoms with Crippen molar-refractivity contribution < 1.29 is 61.7 Å². The summed E-state index contributed by atoms with van der Waals surface area (Å²) in [5, 5.41) is 13.1. The molecular weight excluding hydrogens is 911 g/mol. The minimum atomic E-state index is -2.37. The van der Waals surface area contributed by atoms with E-state index in [2.05, 4.69) is 86.7 Å². The number of carbonyl (C=O) groups is 1. The second-order valence-electron chi connectivity index (χ2n) is 23.6. The van der Waals surface area contributed by atoms with Crippen LogP contribution in [-0.4, -0.2) is 137 Å². The van der Waals surface area contributed by atoms with Crippen LogP contribution in [0.5, 0.6) is 0 Å². The maximum absolute atomic E-state index is 14.9. The molecule has 70 heavy (non-hydrogen) atoms. The van der Waals surface area contributed by atoms with Gasteiger partial charge in [0, 0.05) is 51.7 Å². The van der Waals surface area contributed by atoms with E-state index in [9.17, 15) is 9.90 Å². The van der Waals surface area contributed by atoms with Crippen molar-refractivity contribution in [2.24, 2.45) is 29.4 Å². The van der Waals surface area contributed by atoms with Gasteiger partial charge in [0.1, 0.15) is 29.8 Å². The van der Waals surface area contributed by atoms with Gasteiger partial charge >= 0.3 is 5.97 Å². The zero-order chi connectivity index (χ0) is 51.3. The van der Waals surface area contributed by atoms with Crippen LogP contribution in [0.25, 0.3) is 0 Å². The normalized spacial score (nSPS) is 46.5. The number of hydrogen-bond acceptors (Lipinski definition) is 14. The van der Waals surface area contributed by atoms with Gasteiger partial charge in [-0.3, -0.25) is 4.79 Å². The zero-order valence-corrected chi connectivity index (χ0v) is 46.2. The molecule has 1 aliphatic carbocycles. The highest BCUT2D eigenvalue weighted by Gasteiger charge is 2.62. The van der Waals surface area contributed by atoms with Crippen LogP contribution in [0.1, 0.15) is 122 Å². The summed E-state index contributed by atoms with van der Waals surface area (Å²) in [6.07, 6.45) is 11.5. The molecule has 20 atom stereocenters. The van der Waals surface area contributed by atoms with E-state index in [-0.39, 0.29) is 59.9 Å². The Kier molecular flexibility index (Phi) is 17.2. The van der Waals surface area contributed by atoms with Crippen molar-refractivity contribution in [3.05, 3.63) is 59.3 Å². The molecule has 6 aliphatic heterocycles. The average Bonchev–Trinajstić information content (AvgIpc) is 3.63. The fraction of sp³-hybridized carbons (Fsp3) is 0.800. The Morgan fingerprint density at radius 1 is 0.929 bits per heavy atom. The molecule has 396 valence electrons. The number of aliphatic hydroxyl groups is 1. The highest BCUT2D eigenvalue weighted by Crippen LogP contribution is 2.50. The van der Waals surface area contributed by atoms with Crippen molar-refractivity contribution >= 4 is 14.3 Å². The van der Waals surface area contributed by atoms with Crippen molar-refractivity contribution in [3.63, 3.8) is 0 Å². The Bertz CT molecular complexity index is 1990. The molecule has 0 aromatic carbocycles. The third-order valence-electron chi connectivity index (χ3n) is 17.4. The second kappa shape index (κ2) is 21.6. The summed E-state index contributed by atoms with van der Waals surface area (Å²) in [6, 6.07) is 0. The molecule has 7 rings (SSSR count). The van der Waals surface area contributed by atoms with E-state index >= 15 is 0 Å². The van der Waals surface area contributed by atoms with Crippen molar-refractivity contribution in [2.45, 2.75) is 236 Å². The van der Waals surface area contributed by atoms with Crippen molar-refractivity contribution in [2.75, 3.05) is 20.8 Å². The molecule has 4 saturated heterocycles. The van der Waals surface area contributed by atoms with E-state index in [4.69, 9.17) is 57.5 Å². The Balaban J connectivity index is 1.22. The fourth-order valence-electron chi connectivity index (χ4n) is 11.4. The number of ether oxygens (including phenoxy) is 10. The molecular formula is C55H89NO13Si. The summed E-state index contributed by atoms with van der Waals surface area (Å²) in [5.41, 5.74) is 6.61. The van der Waals surface area contributed by atoms with Gasteiger partial charge in [-0.15, -0.1) is 0 Å². The van der Waals surface area contributed by atoms with Crippen LogP contribution in [0.2, 0.25) is 18.1 Å². The van der Waals surface area contributed by atoms with E-state index in [0.717, 1.165) is 17.6 Å². The van der Waals surface area contributed by atoms with Gasteiger partial charge in [0.2, 0.25) is 0 Å². The minimum Gasteiger partial charge on any atom is -0.462 e. The van der Waals surface area contributed by atoms with E-state index in [1.807, 2.05) is 52.0 Å². The van der Waals surface area contributed by atoms with Crippen LogP contribution < -0.4 is 5.73 Å². The molecule has 7 aliphatic rings. The predicted octanol–water partition coefficient (Wildman–Crippen LogP) is 8.76. The second-order valence-corrected chi connectivity index (χ2v) is 28.3. The maximum atomic E-state index is 14.9. The largest absolute Gasteiger partial charge is 0.462 e. The van der Waals surface area contributed by atoms with Crippen molar-refractivity contribution in [1.82, 2.24) is 0 Å². The molecule has 14 nitrogen and oxygen atoms in total. The predicted molar refractivity (Wildman–Crippen MR) is 270 cm³/mol. The molecule has 0 aromatic rings. The smallest absolute Gasteiger partial charge is 0.316 e. The Labute approximate surface area is 420 Å². The molecule has 15 heteroatoms. The van der Waals surface area contributed by atoms with Gasteiger partial charge in [-0.1, -0.05) is 91.3 Å². The Morgan fingerprint density at radius 2 is 1.64 bits per heavy atom. The van der Waals surface area contributed by atoms with Gasteiger partial charge in [0.15, 0.2) is 26.7 Å². The van der Waals surface area contributed by atoms with Gasteiger partial charge in [-0.25, -0.2) is 0 Å². The van der Waals surface area contributed by atoms with Crippen molar-refractivity contribution in [3.8, 4) is 0 Å². The van der Waals surface area contributed by atoms with Gasteiger partial charge in [0.25, 0.3) is 0 Å². The maximum Gasteiger partial charge on any atom is 0.316 e. The van der Waals surface area contributed by atoms with Crippen LogP contribution in [0.4, 0.5) is 0 Å². The van der Waals surface area contributed by atoms with E-state index < -0.39 is 86.3 Å². The summed E-state index contributed by atoms with van der Waals surface area (Å²) in [5.74, 6) is -2.37. The quantitative estimate of drug-likeness (QED) is 0.121. The topological polar surface area (TPSA) is 165 Å². The molecule has 0 radical (unpaired) electrons. The lowest BCUT2D eigenvalue weighted by atomic mass is 9.71. The van der Waals surface area contributed by atoms with E-state index in [0.29, 0.717) is 37.7 Å². The first-order chi connectivity index (χ1) is 32.8. The molecule has 2 bridgehead atoms. The third kappa shape index (κ3) is 11.3. The first-order valence-corrected chi connectivity index (χ1v) is 29.1. The van der Waals surface area contributed by atoms with Gasteiger partial charge in [-0.05, 0) is 87.9 Å². The number of rotatable bonds is 10. The number of carbonyl (C=O) groups excluding carboxylic acids is 1. The summed E-state index contributed by atoms with van der Waals surface area (Å²) in [6.45, 7) is 29.7. The molecule has 0 amide bonds. The fourth-order valence-corrected chi connectivity index (χ4v) is 12.7. The zero-order valence-electron chi connectivity index (χ0n) is 45.2. The van der Waals surface area contributed by atoms with Gasteiger partial charge < -0.3 is 62.6 Å². The number of nitrogens with two attached hydrogens (primary N) is 1. The molecule has 6 heterocycles. The summed E-state index contributed by atoms with van der Waals surface area (Å²) in [4.78, 5) is 14.9. The van der Waals surface area contributed by atoms with Crippen LogP contribution >= 0.6 is 0 Å². The molecule has 4 fully saturated rings. The van der Waals surface area contributed by atoms with Gasteiger partial charge in [-0.2, -0.15) is 0 Å². The number of fused-ring (bicyclic) bond motifs is 2. The van der Waals surface area contributed by atoms with E-state index in [1.54, 1.807) is 14.2 Å². The highest BCUT2D eigenvalue weighted by molar-refractivity contribution is 6.74. The lowest BCUT2D eigenvalue weighted by Crippen LogP contribution is -2.63. The average molecular weight is 1000 g/mol. The Hall–Kier alpha value is -2.09. The van der Waals surface area contributed by atoms with Crippen LogP contribution in [0.3, 0.4) is 0 Å². The summed E-state index contributed by atoms with van der Waals surface area (Å²) in [7, 11) is 0.979. The van der Waals surface area contributed by atoms with E-state index in [1.165, 1.54) is 0 Å². The molecule has 0 saturated carbocycles. The molecule has 1 spiro atoms. The lowest BCUT2D eigenvalue weighted by molar-refractivity contribution is -0.315. The van der Waals surface area contributed by atoms with Crippen molar-refractivity contribution in [1.29, 1.82) is 0 Å². The first kappa shape index (κ1) is 55.7. The minimum absolute atomic E-state index is 0.0844. The van der Waals surface area contributed by atoms with Crippen LogP contribution in [-0.2, 0) is 56.6 Å².